The molecule has 2 aromatic rings. The highest BCUT2D eigenvalue weighted by atomic mass is 19.4. The van der Waals surface area contributed by atoms with E-state index >= 15 is 0 Å². The molecule has 2 aromatic carbocycles. The molecule has 0 saturated carbocycles. The molecule has 0 aromatic heterocycles. The van der Waals surface area contributed by atoms with E-state index in [0.717, 1.165) is 5.56 Å². The molecule has 0 atom stereocenters. The van der Waals surface area contributed by atoms with Gasteiger partial charge in [0.25, 0.3) is 0 Å². The van der Waals surface area contributed by atoms with Gasteiger partial charge in [-0.2, -0.15) is 13.2 Å². The van der Waals surface area contributed by atoms with Crippen LogP contribution in [0, 0.1) is 0 Å². The maximum atomic E-state index is 12.3. The molecule has 0 heterocycles. The number of aryl methyl sites for hydroxylation is 1. The van der Waals surface area contributed by atoms with Gasteiger partial charge in [0.1, 0.15) is 5.75 Å². The van der Waals surface area contributed by atoms with Gasteiger partial charge < -0.3 is 15.4 Å². The van der Waals surface area contributed by atoms with Gasteiger partial charge in [0, 0.05) is 18.7 Å². The number of hydrogen-bond donors (Lipinski definition) is 2. The van der Waals surface area contributed by atoms with E-state index in [1.54, 1.807) is 36.7 Å². The molecule has 144 valence electrons. The quantitative estimate of drug-likeness (QED) is 0.773. The molecule has 0 bridgehead atoms. The number of nitrogens with one attached hydrogen (secondary N) is 2. The number of para-hydroxylation sites is 2. The second kappa shape index (κ2) is 9.07. The summed E-state index contributed by atoms with van der Waals surface area (Å²) < 4.78 is 42.1. The normalized spacial score (nSPS) is 11.0. The van der Waals surface area contributed by atoms with Crippen molar-refractivity contribution in [3.63, 3.8) is 0 Å². The van der Waals surface area contributed by atoms with Crippen LogP contribution in [-0.4, -0.2) is 25.1 Å². The van der Waals surface area contributed by atoms with E-state index in [4.69, 9.17) is 4.74 Å². The van der Waals surface area contributed by atoms with Gasteiger partial charge in [-0.3, -0.25) is 9.59 Å². The topological polar surface area (TPSA) is 67.4 Å². The fourth-order valence-corrected chi connectivity index (χ4v) is 2.44. The first-order chi connectivity index (χ1) is 12.8. The smallest absolute Gasteiger partial charge is 0.471 e. The van der Waals surface area contributed by atoms with E-state index < -0.39 is 12.1 Å². The van der Waals surface area contributed by atoms with E-state index in [1.165, 1.54) is 6.07 Å². The van der Waals surface area contributed by atoms with Crippen molar-refractivity contribution in [3.05, 3.63) is 59.7 Å². The molecule has 0 radical (unpaired) electrons. The van der Waals surface area contributed by atoms with Gasteiger partial charge in [-0.15, -0.1) is 0 Å². The van der Waals surface area contributed by atoms with Crippen LogP contribution in [0.3, 0.4) is 0 Å². The van der Waals surface area contributed by atoms with Crippen LogP contribution in [0.4, 0.5) is 18.9 Å². The van der Waals surface area contributed by atoms with Crippen molar-refractivity contribution in [3.8, 4) is 5.75 Å². The van der Waals surface area contributed by atoms with Crippen LogP contribution in [0.1, 0.15) is 17.5 Å². The highest BCUT2D eigenvalue weighted by Gasteiger charge is 2.38. The van der Waals surface area contributed by atoms with Crippen molar-refractivity contribution < 1.29 is 27.5 Å². The van der Waals surface area contributed by atoms with Crippen LogP contribution in [0.2, 0.25) is 0 Å². The highest BCUT2D eigenvalue weighted by molar-refractivity contribution is 5.91. The maximum Gasteiger partial charge on any atom is 0.471 e. The second-order valence-electron chi connectivity index (χ2n) is 5.70. The molecule has 5 nitrogen and oxygen atoms in total. The van der Waals surface area contributed by atoms with E-state index in [2.05, 4.69) is 5.32 Å². The molecule has 8 heteroatoms. The summed E-state index contributed by atoms with van der Waals surface area (Å²) >= 11 is 0. The zero-order valence-corrected chi connectivity index (χ0v) is 14.6. The minimum atomic E-state index is -4.95. The molecule has 27 heavy (non-hydrogen) atoms. The Morgan fingerprint density at radius 3 is 2.30 bits per heavy atom. The summed E-state index contributed by atoms with van der Waals surface area (Å²) in [5.41, 5.74) is 1.60. The Balaban J connectivity index is 1.96. The Labute approximate surface area is 154 Å². The zero-order chi connectivity index (χ0) is 19.9. The molecular weight excluding hydrogens is 361 g/mol. The van der Waals surface area contributed by atoms with Crippen molar-refractivity contribution in [2.24, 2.45) is 0 Å². The van der Waals surface area contributed by atoms with Crippen LogP contribution in [0.5, 0.6) is 5.75 Å². The third-order valence-electron chi connectivity index (χ3n) is 3.80. The number of amides is 2. The summed E-state index contributed by atoms with van der Waals surface area (Å²) in [4.78, 5) is 23.2. The summed E-state index contributed by atoms with van der Waals surface area (Å²) in [5.74, 6) is -1.64. The SMILES string of the molecule is COc1ccccc1CCC(=O)Nc1ccccc1CNC(=O)C(F)(F)F. The van der Waals surface area contributed by atoms with Crippen molar-refractivity contribution in [1.29, 1.82) is 0 Å². The Morgan fingerprint density at radius 2 is 1.63 bits per heavy atom. The van der Waals surface area contributed by atoms with Crippen molar-refractivity contribution in [2.75, 3.05) is 12.4 Å². The summed E-state index contributed by atoms with van der Waals surface area (Å²) in [6.07, 6.45) is -4.33. The van der Waals surface area contributed by atoms with Gasteiger partial charge in [0.15, 0.2) is 0 Å². The van der Waals surface area contributed by atoms with Gasteiger partial charge >= 0.3 is 12.1 Å². The number of anilines is 1. The van der Waals surface area contributed by atoms with Crippen LogP contribution < -0.4 is 15.4 Å². The first-order valence-electron chi connectivity index (χ1n) is 8.16. The summed E-state index contributed by atoms with van der Waals surface area (Å²) in [6, 6.07) is 13.7. The Kier molecular flexibility index (Phi) is 6.81. The zero-order valence-electron chi connectivity index (χ0n) is 14.6. The number of hydrogen-bond acceptors (Lipinski definition) is 3. The monoisotopic (exact) mass is 380 g/mol. The molecular formula is C19H19F3N2O3. The molecule has 0 aliphatic rings. The second-order valence-corrected chi connectivity index (χ2v) is 5.70. The first kappa shape index (κ1) is 20.3. The van der Waals surface area contributed by atoms with E-state index in [1.807, 2.05) is 18.2 Å². The number of ether oxygens (including phenoxy) is 1. The molecule has 2 N–H and O–H groups in total. The molecule has 0 saturated heterocycles. The minimum Gasteiger partial charge on any atom is -0.496 e. The van der Waals surface area contributed by atoms with Crippen LogP contribution in [0.15, 0.2) is 48.5 Å². The third kappa shape index (κ3) is 6.02. The van der Waals surface area contributed by atoms with Crippen molar-refractivity contribution in [2.45, 2.75) is 25.6 Å². The minimum absolute atomic E-state index is 0.170. The largest absolute Gasteiger partial charge is 0.496 e. The van der Waals surface area contributed by atoms with Gasteiger partial charge in [-0.05, 0) is 29.7 Å². The fraction of sp³-hybridized carbons (Fsp3) is 0.263. The number of methoxy groups -OCH3 is 1. The van der Waals surface area contributed by atoms with Gasteiger partial charge in [0.2, 0.25) is 5.91 Å². The Bertz CT molecular complexity index is 807. The lowest BCUT2D eigenvalue weighted by atomic mass is 10.1. The fourth-order valence-electron chi connectivity index (χ4n) is 2.44. The van der Waals surface area contributed by atoms with Gasteiger partial charge in [-0.25, -0.2) is 0 Å². The predicted molar refractivity (Wildman–Crippen MR) is 94.3 cm³/mol. The predicted octanol–water partition coefficient (Wildman–Crippen LogP) is 3.45. The summed E-state index contributed by atoms with van der Waals surface area (Å²) in [5, 5.41) is 4.46. The number of alkyl halides is 3. The lowest BCUT2D eigenvalue weighted by molar-refractivity contribution is -0.173. The number of rotatable bonds is 7. The molecule has 0 spiro atoms. The lowest BCUT2D eigenvalue weighted by Gasteiger charge is -2.13. The summed E-state index contributed by atoms with van der Waals surface area (Å²) in [7, 11) is 1.55. The molecule has 0 aliphatic heterocycles. The Morgan fingerprint density at radius 1 is 1.00 bits per heavy atom. The van der Waals surface area contributed by atoms with Gasteiger partial charge in [-0.1, -0.05) is 36.4 Å². The van der Waals surface area contributed by atoms with E-state index in [-0.39, 0.29) is 18.9 Å². The van der Waals surface area contributed by atoms with Crippen molar-refractivity contribution >= 4 is 17.5 Å². The summed E-state index contributed by atoms with van der Waals surface area (Å²) in [6.45, 7) is -0.346. The molecule has 0 fully saturated rings. The first-order valence-corrected chi connectivity index (χ1v) is 8.16. The number of benzene rings is 2. The van der Waals surface area contributed by atoms with Gasteiger partial charge in [0.05, 0.1) is 7.11 Å². The maximum absolute atomic E-state index is 12.3. The van der Waals surface area contributed by atoms with Crippen molar-refractivity contribution in [1.82, 2.24) is 5.32 Å². The number of carbonyl (C=O) groups excluding carboxylic acids is 2. The molecule has 2 amide bonds. The average Bonchev–Trinajstić information content (AvgIpc) is 2.64. The van der Waals surface area contributed by atoms with Crippen LogP contribution >= 0.6 is 0 Å². The number of carbonyl (C=O) groups is 2. The molecule has 0 aliphatic carbocycles. The lowest BCUT2D eigenvalue weighted by Crippen LogP contribution is -2.36. The molecule has 0 unspecified atom stereocenters. The Hall–Kier alpha value is -3.03. The average molecular weight is 380 g/mol. The standard InChI is InChI=1S/C19H19F3N2O3/c1-27-16-9-5-3-6-13(16)10-11-17(25)24-15-8-4-2-7-14(15)12-23-18(26)19(20,21)22/h2-9H,10-12H2,1H3,(H,23,26)(H,24,25). The molecule has 2 rings (SSSR count). The van der Waals surface area contributed by atoms with Crippen LogP contribution in [0.25, 0.3) is 0 Å². The number of halogens is 3. The van der Waals surface area contributed by atoms with Crippen LogP contribution in [-0.2, 0) is 22.6 Å². The highest BCUT2D eigenvalue weighted by Crippen LogP contribution is 2.20. The third-order valence-corrected chi connectivity index (χ3v) is 3.80. The van der Waals surface area contributed by atoms with E-state index in [0.29, 0.717) is 23.4 Å². The van der Waals surface area contributed by atoms with E-state index in [9.17, 15) is 22.8 Å².